The molecule has 0 aliphatic rings. The number of non-ortho nitro benzene ring substituents is 1. The Balaban J connectivity index is 3.00. The Morgan fingerprint density at radius 3 is 2.62 bits per heavy atom. The molecular weight excluding hydrogens is 220 g/mol. The highest BCUT2D eigenvalue weighted by Crippen LogP contribution is 2.24. The van der Waals surface area contributed by atoms with Crippen LogP contribution in [0.15, 0.2) is 18.2 Å². The van der Waals surface area contributed by atoms with E-state index in [0.29, 0.717) is 5.69 Å². The van der Waals surface area contributed by atoms with Crippen molar-refractivity contribution in [2.24, 2.45) is 0 Å². The van der Waals surface area contributed by atoms with Crippen LogP contribution in [0.3, 0.4) is 0 Å². The highest BCUT2D eigenvalue weighted by molar-refractivity contribution is 5.62. The van der Waals surface area contributed by atoms with Crippen LogP contribution in [0.2, 0.25) is 0 Å². The van der Waals surface area contributed by atoms with Gasteiger partial charge in [0.25, 0.3) is 12.1 Å². The molecule has 0 unspecified atom stereocenters. The number of benzene rings is 1. The summed E-state index contributed by atoms with van der Waals surface area (Å²) in [7, 11) is 1.42. The number of anilines is 2. The Morgan fingerprint density at radius 2 is 2.12 bits per heavy atom. The molecule has 0 spiro atoms. The van der Waals surface area contributed by atoms with E-state index in [1.165, 1.54) is 30.1 Å². The van der Waals surface area contributed by atoms with Gasteiger partial charge < -0.3 is 10.6 Å². The lowest BCUT2D eigenvalue weighted by Crippen LogP contribution is -2.24. The van der Waals surface area contributed by atoms with Crippen molar-refractivity contribution < 1.29 is 13.7 Å². The van der Waals surface area contributed by atoms with Gasteiger partial charge in [-0.15, -0.1) is 0 Å². The van der Waals surface area contributed by atoms with Crippen LogP contribution in [0, 0.1) is 10.1 Å². The van der Waals surface area contributed by atoms with Crippen molar-refractivity contribution >= 4 is 17.1 Å². The molecule has 2 N–H and O–H groups in total. The molecule has 0 aliphatic heterocycles. The lowest BCUT2D eigenvalue weighted by Gasteiger charge is -2.18. The molecule has 1 aromatic rings. The van der Waals surface area contributed by atoms with E-state index in [4.69, 9.17) is 5.73 Å². The predicted molar refractivity (Wildman–Crippen MR) is 56.8 cm³/mol. The summed E-state index contributed by atoms with van der Waals surface area (Å²) in [5, 5.41) is 10.5. The molecule has 0 radical (unpaired) electrons. The van der Waals surface area contributed by atoms with Gasteiger partial charge in [-0.05, 0) is 6.07 Å². The number of nitro benzene ring substituents is 1. The summed E-state index contributed by atoms with van der Waals surface area (Å²) in [6.45, 7) is -0.499. The topological polar surface area (TPSA) is 72.4 Å². The van der Waals surface area contributed by atoms with Crippen LogP contribution in [-0.4, -0.2) is 24.9 Å². The van der Waals surface area contributed by atoms with Gasteiger partial charge in [-0.1, -0.05) is 0 Å². The van der Waals surface area contributed by atoms with E-state index >= 15 is 0 Å². The fourth-order valence-corrected chi connectivity index (χ4v) is 1.26. The minimum atomic E-state index is -2.51. The summed E-state index contributed by atoms with van der Waals surface area (Å²) in [5.41, 5.74) is 5.71. The molecule has 5 nitrogen and oxygen atoms in total. The molecule has 0 amide bonds. The molecule has 88 valence electrons. The number of nitrogens with two attached hydrogens (primary N) is 1. The standard InChI is InChI=1S/C9H11F2N3O2/c1-13(5-9(10)11)7-2-6(12)3-8(4-7)14(15)16/h2-4,9H,5,12H2,1H3. The first-order valence-corrected chi connectivity index (χ1v) is 4.44. The quantitative estimate of drug-likeness (QED) is 0.487. The van der Waals surface area contributed by atoms with Crippen molar-refractivity contribution in [3.63, 3.8) is 0 Å². The molecule has 7 heteroatoms. The van der Waals surface area contributed by atoms with Gasteiger partial charge in [0.15, 0.2) is 0 Å². The Labute approximate surface area is 90.6 Å². The van der Waals surface area contributed by atoms with Crippen molar-refractivity contribution in [2.45, 2.75) is 6.43 Å². The highest BCUT2D eigenvalue weighted by atomic mass is 19.3. The molecule has 0 aliphatic carbocycles. The van der Waals surface area contributed by atoms with E-state index in [-0.39, 0.29) is 11.4 Å². The molecule has 0 saturated carbocycles. The second kappa shape index (κ2) is 4.73. The third kappa shape index (κ3) is 3.04. The average Bonchev–Trinajstić information content (AvgIpc) is 2.15. The summed E-state index contributed by atoms with van der Waals surface area (Å²) in [4.78, 5) is 11.1. The second-order valence-corrected chi connectivity index (χ2v) is 3.31. The fraction of sp³-hybridized carbons (Fsp3) is 0.333. The van der Waals surface area contributed by atoms with Crippen LogP contribution in [0.1, 0.15) is 0 Å². The van der Waals surface area contributed by atoms with E-state index in [0.717, 1.165) is 0 Å². The van der Waals surface area contributed by atoms with Gasteiger partial charge in [0.05, 0.1) is 11.5 Å². The monoisotopic (exact) mass is 231 g/mol. The maximum Gasteiger partial charge on any atom is 0.273 e. The lowest BCUT2D eigenvalue weighted by molar-refractivity contribution is -0.384. The molecule has 0 atom stereocenters. The Kier molecular flexibility index (Phi) is 3.60. The van der Waals surface area contributed by atoms with Crippen molar-refractivity contribution in [2.75, 3.05) is 24.2 Å². The number of nitrogens with zero attached hydrogens (tertiary/aromatic N) is 2. The third-order valence-corrected chi connectivity index (χ3v) is 1.99. The molecule has 0 heterocycles. The van der Waals surface area contributed by atoms with Crippen LogP contribution < -0.4 is 10.6 Å². The van der Waals surface area contributed by atoms with Crippen LogP contribution in [0.25, 0.3) is 0 Å². The summed E-state index contributed by atoms with van der Waals surface area (Å²) < 4.78 is 24.2. The van der Waals surface area contributed by atoms with Gasteiger partial charge in [-0.3, -0.25) is 10.1 Å². The smallest absolute Gasteiger partial charge is 0.273 e. The van der Waals surface area contributed by atoms with Crippen LogP contribution in [0.4, 0.5) is 25.8 Å². The minimum absolute atomic E-state index is 0.172. The molecule has 16 heavy (non-hydrogen) atoms. The number of hydrogen-bond donors (Lipinski definition) is 1. The van der Waals surface area contributed by atoms with E-state index < -0.39 is 17.9 Å². The first-order chi connectivity index (χ1) is 7.40. The summed E-state index contributed by atoms with van der Waals surface area (Å²) >= 11 is 0. The number of nitrogen functional groups attached to an aromatic ring is 1. The van der Waals surface area contributed by atoms with Gasteiger partial charge >= 0.3 is 0 Å². The fourth-order valence-electron chi connectivity index (χ4n) is 1.26. The SMILES string of the molecule is CN(CC(F)F)c1cc(N)cc([N+](=O)[O-])c1. The largest absolute Gasteiger partial charge is 0.398 e. The maximum absolute atomic E-state index is 12.1. The average molecular weight is 231 g/mol. The van der Waals surface area contributed by atoms with Crippen molar-refractivity contribution in [1.82, 2.24) is 0 Å². The third-order valence-electron chi connectivity index (χ3n) is 1.99. The Morgan fingerprint density at radius 1 is 1.50 bits per heavy atom. The van der Waals surface area contributed by atoms with Crippen LogP contribution >= 0.6 is 0 Å². The number of halogens is 2. The number of alkyl halides is 2. The van der Waals surface area contributed by atoms with E-state index in [1.807, 2.05) is 0 Å². The zero-order valence-electron chi connectivity index (χ0n) is 8.56. The van der Waals surface area contributed by atoms with E-state index in [2.05, 4.69) is 0 Å². The molecule has 0 saturated heterocycles. The number of hydrogen-bond acceptors (Lipinski definition) is 4. The molecule has 0 aromatic heterocycles. The van der Waals surface area contributed by atoms with E-state index in [1.54, 1.807) is 0 Å². The highest BCUT2D eigenvalue weighted by Gasteiger charge is 2.13. The van der Waals surface area contributed by atoms with Gasteiger partial charge in [0.2, 0.25) is 0 Å². The van der Waals surface area contributed by atoms with Gasteiger partial charge in [-0.25, -0.2) is 8.78 Å². The minimum Gasteiger partial charge on any atom is -0.398 e. The summed E-state index contributed by atoms with van der Waals surface area (Å²) in [6.07, 6.45) is -2.51. The Bertz CT molecular complexity index is 398. The van der Waals surface area contributed by atoms with Gasteiger partial charge in [0.1, 0.15) is 0 Å². The summed E-state index contributed by atoms with van der Waals surface area (Å²) in [6, 6.07) is 3.80. The summed E-state index contributed by atoms with van der Waals surface area (Å²) in [5.74, 6) is 0. The predicted octanol–water partition coefficient (Wildman–Crippen LogP) is 1.88. The first-order valence-electron chi connectivity index (χ1n) is 4.44. The van der Waals surface area contributed by atoms with Crippen LogP contribution in [-0.2, 0) is 0 Å². The second-order valence-electron chi connectivity index (χ2n) is 3.31. The molecule has 1 aromatic carbocycles. The Hall–Kier alpha value is -1.92. The van der Waals surface area contributed by atoms with Gasteiger partial charge in [0, 0.05) is 30.6 Å². The molecule has 1 rings (SSSR count). The van der Waals surface area contributed by atoms with E-state index in [9.17, 15) is 18.9 Å². The first kappa shape index (κ1) is 12.2. The van der Waals surface area contributed by atoms with Crippen LogP contribution in [0.5, 0.6) is 0 Å². The lowest BCUT2D eigenvalue weighted by atomic mass is 10.2. The molecule has 0 fully saturated rings. The van der Waals surface area contributed by atoms with Crippen molar-refractivity contribution in [3.05, 3.63) is 28.3 Å². The van der Waals surface area contributed by atoms with Gasteiger partial charge in [-0.2, -0.15) is 0 Å². The normalized spacial score (nSPS) is 10.5. The van der Waals surface area contributed by atoms with Crippen molar-refractivity contribution in [3.8, 4) is 0 Å². The number of rotatable bonds is 4. The van der Waals surface area contributed by atoms with Crippen molar-refractivity contribution in [1.29, 1.82) is 0 Å². The maximum atomic E-state index is 12.1. The molecule has 0 bridgehead atoms. The zero-order chi connectivity index (χ0) is 12.3. The molecular formula is C9H11F2N3O2. The zero-order valence-corrected chi connectivity index (χ0v) is 8.56. The number of nitro groups is 1.